The lowest BCUT2D eigenvalue weighted by molar-refractivity contribution is -0.116. The Morgan fingerprint density at radius 1 is 0.872 bits per heavy atom. The van der Waals surface area contributed by atoms with E-state index in [4.69, 9.17) is 9.15 Å². The number of Topliss-reactive ketones (excluding diaryl/α,β-unsaturated/α-hetero) is 1. The number of hydrogen-bond donors (Lipinski definition) is 1. The van der Waals surface area contributed by atoms with E-state index in [1.165, 1.54) is 7.11 Å². The molecule has 7 nitrogen and oxygen atoms in total. The number of rotatable bonds is 4. The van der Waals surface area contributed by atoms with Crippen molar-refractivity contribution in [1.29, 1.82) is 0 Å². The number of nitrogens with one attached hydrogen (secondary N) is 1. The van der Waals surface area contributed by atoms with Gasteiger partial charge in [0.05, 0.1) is 36.4 Å². The van der Waals surface area contributed by atoms with Gasteiger partial charge in [0.2, 0.25) is 0 Å². The number of esters is 1. The first-order valence-corrected chi connectivity index (χ1v) is 12.8. The number of carbonyl (C=O) groups excluding carboxylic acids is 3. The Kier molecular flexibility index (Phi) is 6.32. The van der Waals surface area contributed by atoms with Gasteiger partial charge >= 0.3 is 5.97 Å². The van der Waals surface area contributed by atoms with Crippen LogP contribution in [0, 0.1) is 0 Å². The lowest BCUT2D eigenvalue weighted by atomic mass is 9.80. The number of ketones is 1. The average Bonchev–Trinajstić information content (AvgIpc) is 3.47. The normalized spacial score (nSPS) is 18.5. The highest BCUT2D eigenvalue weighted by molar-refractivity contribution is 6.12. The van der Waals surface area contributed by atoms with Crippen molar-refractivity contribution in [2.24, 2.45) is 0 Å². The monoisotopic (exact) mass is 518 g/mol. The molecule has 1 aromatic heterocycles. The molecule has 2 aliphatic rings. The van der Waals surface area contributed by atoms with E-state index in [0.29, 0.717) is 34.4 Å². The van der Waals surface area contributed by atoms with Gasteiger partial charge in [-0.3, -0.25) is 14.5 Å². The van der Waals surface area contributed by atoms with E-state index in [9.17, 15) is 14.4 Å². The minimum atomic E-state index is -0.722. The number of furan rings is 1. The van der Waals surface area contributed by atoms with Crippen molar-refractivity contribution in [2.45, 2.75) is 24.8 Å². The number of para-hydroxylation sites is 2. The van der Waals surface area contributed by atoms with Gasteiger partial charge in [-0.15, -0.1) is 0 Å². The molecule has 1 aliphatic heterocycles. The second-order valence-electron chi connectivity index (χ2n) is 9.64. The first-order valence-electron chi connectivity index (χ1n) is 12.8. The predicted octanol–water partition coefficient (Wildman–Crippen LogP) is 6.28. The Morgan fingerprint density at radius 2 is 1.62 bits per heavy atom. The number of amides is 1. The molecule has 3 aromatic carbocycles. The summed E-state index contributed by atoms with van der Waals surface area (Å²) in [7, 11) is 1.33. The number of benzene rings is 3. The summed E-state index contributed by atoms with van der Waals surface area (Å²) < 4.78 is 10.5. The number of ether oxygens (including phenoxy) is 1. The number of nitrogens with zero attached hydrogens (tertiary/aromatic N) is 1. The van der Waals surface area contributed by atoms with E-state index >= 15 is 0 Å². The van der Waals surface area contributed by atoms with E-state index in [2.05, 4.69) is 5.32 Å². The molecule has 4 aromatic rings. The maximum Gasteiger partial charge on any atom is 0.337 e. The molecular formula is C32H26N2O5. The highest BCUT2D eigenvalue weighted by Crippen LogP contribution is 2.47. The molecule has 1 N–H and O–H groups in total. The molecule has 6 rings (SSSR count). The van der Waals surface area contributed by atoms with Gasteiger partial charge in [-0.05, 0) is 60.5 Å². The zero-order chi connectivity index (χ0) is 26.9. The fraction of sp³-hybridized carbons (Fsp3) is 0.156. The minimum Gasteiger partial charge on any atom is -0.469 e. The average molecular weight is 519 g/mol. The van der Waals surface area contributed by atoms with Crippen LogP contribution in [0.5, 0.6) is 0 Å². The lowest BCUT2D eigenvalue weighted by Gasteiger charge is -2.35. The van der Waals surface area contributed by atoms with E-state index in [0.717, 1.165) is 17.1 Å². The molecule has 39 heavy (non-hydrogen) atoms. The molecule has 0 unspecified atom stereocenters. The molecule has 2 atom stereocenters. The summed E-state index contributed by atoms with van der Waals surface area (Å²) >= 11 is 0. The third kappa shape index (κ3) is 4.42. The molecule has 0 fully saturated rings. The molecule has 1 amide bonds. The fourth-order valence-corrected chi connectivity index (χ4v) is 5.49. The van der Waals surface area contributed by atoms with E-state index < -0.39 is 12.0 Å². The zero-order valence-electron chi connectivity index (χ0n) is 21.3. The molecule has 0 spiro atoms. The number of fused-ring (bicyclic) bond motifs is 1. The third-order valence-electron chi connectivity index (χ3n) is 7.32. The van der Waals surface area contributed by atoms with Crippen LogP contribution in [0.1, 0.15) is 56.8 Å². The summed E-state index contributed by atoms with van der Waals surface area (Å²) in [5.41, 5.74) is 4.28. The van der Waals surface area contributed by atoms with Crippen LogP contribution in [-0.2, 0) is 9.53 Å². The number of allylic oxidation sites excluding steroid dienone is 1. The van der Waals surface area contributed by atoms with Crippen LogP contribution < -0.4 is 10.2 Å². The molecule has 194 valence electrons. The summed E-state index contributed by atoms with van der Waals surface area (Å²) in [5, 5.41) is 3.51. The van der Waals surface area contributed by atoms with Gasteiger partial charge < -0.3 is 14.5 Å². The molecule has 1 aliphatic carbocycles. The number of carbonyl (C=O) groups is 3. The Morgan fingerprint density at radius 3 is 2.33 bits per heavy atom. The van der Waals surface area contributed by atoms with Crippen LogP contribution in [0.4, 0.5) is 11.4 Å². The van der Waals surface area contributed by atoms with Crippen molar-refractivity contribution in [1.82, 2.24) is 0 Å². The Labute approximate surface area is 225 Å². The number of hydrogen-bond acceptors (Lipinski definition) is 6. The van der Waals surface area contributed by atoms with Gasteiger partial charge in [0.25, 0.3) is 5.91 Å². The summed E-state index contributed by atoms with van der Waals surface area (Å²) in [5.74, 6) is -0.121. The fourth-order valence-electron chi connectivity index (χ4n) is 5.49. The molecule has 7 heteroatoms. The number of anilines is 2. The van der Waals surface area contributed by atoms with Crippen LogP contribution in [0.25, 0.3) is 0 Å². The van der Waals surface area contributed by atoms with Crippen LogP contribution >= 0.6 is 0 Å². The Bertz CT molecular complexity index is 1570. The highest BCUT2D eigenvalue weighted by atomic mass is 16.5. The Hall–Kier alpha value is -4.91. The second-order valence-corrected chi connectivity index (χ2v) is 9.64. The van der Waals surface area contributed by atoms with Gasteiger partial charge in [-0.25, -0.2) is 4.79 Å². The first-order chi connectivity index (χ1) is 19.0. The third-order valence-corrected chi connectivity index (χ3v) is 7.32. The van der Waals surface area contributed by atoms with Gasteiger partial charge in [-0.1, -0.05) is 42.5 Å². The Balaban J connectivity index is 1.56. The molecule has 0 bridgehead atoms. The summed E-state index contributed by atoms with van der Waals surface area (Å²) in [6.45, 7) is 0. The maximum atomic E-state index is 14.2. The summed E-state index contributed by atoms with van der Waals surface area (Å²) in [6.07, 6.45) is 2.42. The highest BCUT2D eigenvalue weighted by Gasteiger charge is 2.42. The van der Waals surface area contributed by atoms with Gasteiger partial charge in [0, 0.05) is 29.2 Å². The molecule has 0 saturated heterocycles. The zero-order valence-corrected chi connectivity index (χ0v) is 21.3. The van der Waals surface area contributed by atoms with Crippen LogP contribution in [-0.4, -0.2) is 24.8 Å². The topological polar surface area (TPSA) is 88.8 Å². The maximum absolute atomic E-state index is 14.2. The molecule has 0 saturated carbocycles. The quantitative estimate of drug-likeness (QED) is 0.320. The standard InChI is InChI=1S/C32H26N2O5/c1-38-32(37)22-15-13-20(14-16-22)30-29-25(18-23(19-27(29)35)28-12-7-17-39-28)33-24-10-5-6-11-26(24)34(30)31(36)21-8-3-2-4-9-21/h2-17,23,30,33H,18-19H2,1H3/t23-,30+/m1/s1. The van der Waals surface area contributed by atoms with Crippen molar-refractivity contribution in [3.8, 4) is 0 Å². The largest absolute Gasteiger partial charge is 0.469 e. The minimum absolute atomic E-state index is 0.0640. The second kappa shape index (κ2) is 10.1. The lowest BCUT2D eigenvalue weighted by Crippen LogP contribution is -2.38. The van der Waals surface area contributed by atoms with Crippen LogP contribution in [0.3, 0.4) is 0 Å². The van der Waals surface area contributed by atoms with Crippen molar-refractivity contribution in [2.75, 3.05) is 17.3 Å². The van der Waals surface area contributed by atoms with E-state index in [1.807, 2.05) is 54.6 Å². The molecule has 2 heterocycles. The van der Waals surface area contributed by atoms with E-state index in [1.54, 1.807) is 47.6 Å². The van der Waals surface area contributed by atoms with Gasteiger partial charge in [0.1, 0.15) is 5.76 Å². The molecule has 0 radical (unpaired) electrons. The number of methoxy groups -OCH3 is 1. The summed E-state index contributed by atoms with van der Waals surface area (Å²) in [4.78, 5) is 42.1. The van der Waals surface area contributed by atoms with Crippen LogP contribution in [0.15, 0.2) is 113 Å². The predicted molar refractivity (Wildman–Crippen MR) is 147 cm³/mol. The van der Waals surface area contributed by atoms with Crippen molar-refractivity contribution < 1.29 is 23.5 Å². The van der Waals surface area contributed by atoms with Gasteiger partial charge in [0.15, 0.2) is 5.78 Å². The summed E-state index contributed by atoms with van der Waals surface area (Å²) in [6, 6.07) is 26.5. The first kappa shape index (κ1) is 24.4. The SMILES string of the molecule is COC(=O)c1ccc([C@H]2C3=C(C[C@@H](c4ccco4)CC3=O)Nc3ccccc3N2C(=O)c2ccccc2)cc1. The van der Waals surface area contributed by atoms with Crippen LogP contribution in [0.2, 0.25) is 0 Å². The van der Waals surface area contributed by atoms with E-state index in [-0.39, 0.29) is 24.0 Å². The smallest absolute Gasteiger partial charge is 0.337 e. The molecular weight excluding hydrogens is 492 g/mol. The van der Waals surface area contributed by atoms with Crippen molar-refractivity contribution in [3.63, 3.8) is 0 Å². The van der Waals surface area contributed by atoms with Crippen molar-refractivity contribution >= 4 is 29.0 Å². The van der Waals surface area contributed by atoms with Gasteiger partial charge in [-0.2, -0.15) is 0 Å². The van der Waals surface area contributed by atoms with Crippen molar-refractivity contribution in [3.05, 3.63) is 131 Å².